The summed E-state index contributed by atoms with van der Waals surface area (Å²) in [6, 6.07) is 2.63. The van der Waals surface area contributed by atoms with Crippen molar-refractivity contribution in [2.45, 2.75) is 11.8 Å². The first-order chi connectivity index (χ1) is 11.1. The van der Waals surface area contributed by atoms with Gasteiger partial charge in [-0.3, -0.25) is 20.4 Å². The molecular weight excluding hydrogens is 345 g/mol. The number of sulfonamides is 1. The van der Waals surface area contributed by atoms with Gasteiger partial charge < -0.3 is 4.74 Å². The van der Waals surface area contributed by atoms with Gasteiger partial charge in [-0.05, 0) is 18.2 Å². The lowest BCUT2D eigenvalue weighted by Crippen LogP contribution is -2.42. The van der Waals surface area contributed by atoms with Gasteiger partial charge in [0.25, 0.3) is 5.91 Å². The van der Waals surface area contributed by atoms with Crippen LogP contribution in [0.15, 0.2) is 23.1 Å². The molecule has 132 valence electrons. The third kappa shape index (κ3) is 4.99. The second-order valence-electron chi connectivity index (χ2n) is 4.73. The van der Waals surface area contributed by atoms with Crippen LogP contribution in [0.3, 0.4) is 0 Å². The highest BCUT2D eigenvalue weighted by atomic mass is 32.2. The molecule has 9 nitrogen and oxygen atoms in total. The van der Waals surface area contributed by atoms with Crippen LogP contribution in [0.2, 0.25) is 0 Å². The summed E-state index contributed by atoms with van der Waals surface area (Å²) in [5.74, 6) is -3.61. The molecule has 1 aromatic rings. The van der Waals surface area contributed by atoms with E-state index in [1.165, 1.54) is 14.1 Å². The molecule has 0 aromatic heterocycles. The van der Waals surface area contributed by atoms with Gasteiger partial charge >= 0.3 is 5.97 Å². The van der Waals surface area contributed by atoms with Crippen LogP contribution in [0.5, 0.6) is 0 Å². The van der Waals surface area contributed by atoms with E-state index in [2.05, 4.69) is 4.74 Å². The lowest BCUT2D eigenvalue weighted by atomic mass is 10.2. The van der Waals surface area contributed by atoms with Crippen LogP contribution in [0.1, 0.15) is 17.3 Å². The highest BCUT2D eigenvalue weighted by Gasteiger charge is 2.22. The zero-order chi connectivity index (χ0) is 18.5. The Balaban J connectivity index is 2.88. The molecule has 0 saturated heterocycles. The average Bonchev–Trinajstić information content (AvgIpc) is 2.50. The fourth-order valence-electron chi connectivity index (χ4n) is 1.43. The number of carbonyl (C=O) groups is 3. The Morgan fingerprint density at radius 3 is 2.38 bits per heavy atom. The van der Waals surface area contributed by atoms with Gasteiger partial charge in [0.15, 0.2) is 6.61 Å². The fourth-order valence-corrected chi connectivity index (χ4v) is 2.36. The lowest BCUT2D eigenvalue weighted by Gasteiger charge is -2.12. The van der Waals surface area contributed by atoms with Crippen molar-refractivity contribution in [3.63, 3.8) is 0 Å². The third-order valence-corrected chi connectivity index (χ3v) is 4.46. The van der Waals surface area contributed by atoms with E-state index >= 15 is 0 Å². The molecule has 2 N–H and O–H groups in total. The van der Waals surface area contributed by atoms with Crippen molar-refractivity contribution in [1.29, 1.82) is 0 Å². The summed E-state index contributed by atoms with van der Waals surface area (Å²) in [6.07, 6.45) is 0. The molecule has 0 spiro atoms. The Bertz CT molecular complexity index is 763. The van der Waals surface area contributed by atoms with E-state index in [0.29, 0.717) is 0 Å². The zero-order valence-corrected chi connectivity index (χ0v) is 13.9. The Morgan fingerprint density at radius 1 is 1.21 bits per heavy atom. The topological polar surface area (TPSA) is 122 Å². The third-order valence-electron chi connectivity index (χ3n) is 2.65. The highest BCUT2D eigenvalue weighted by Crippen LogP contribution is 2.18. The maximum atomic E-state index is 13.7. The molecule has 24 heavy (non-hydrogen) atoms. The summed E-state index contributed by atoms with van der Waals surface area (Å²) in [7, 11) is -1.31. The standard InChI is InChI=1S/C13H16FN3O6S/c1-8(18)15-16-12(19)7-23-13(20)10-6-9(4-5-11(10)14)24(21,22)17(2)3/h4-6H,7H2,1-3H3,(H,15,18)(H,16,19). The molecule has 0 heterocycles. The van der Waals surface area contributed by atoms with E-state index in [4.69, 9.17) is 0 Å². The van der Waals surface area contributed by atoms with E-state index in [1.54, 1.807) is 0 Å². The number of ether oxygens (including phenoxy) is 1. The maximum absolute atomic E-state index is 13.7. The van der Waals surface area contributed by atoms with Gasteiger partial charge in [-0.1, -0.05) is 0 Å². The summed E-state index contributed by atoms with van der Waals surface area (Å²) in [5, 5.41) is 0. The number of carbonyl (C=O) groups excluding carboxylic acids is 3. The first kappa shape index (κ1) is 19.5. The predicted molar refractivity (Wildman–Crippen MR) is 79.5 cm³/mol. The largest absolute Gasteiger partial charge is 0.452 e. The smallest absolute Gasteiger partial charge is 0.341 e. The fraction of sp³-hybridized carbons (Fsp3) is 0.308. The number of rotatable bonds is 5. The number of esters is 1. The van der Waals surface area contributed by atoms with Crippen molar-refractivity contribution in [2.75, 3.05) is 20.7 Å². The first-order valence-corrected chi connectivity index (χ1v) is 7.94. The number of hydrogen-bond acceptors (Lipinski definition) is 6. The molecule has 0 unspecified atom stereocenters. The van der Waals surface area contributed by atoms with Gasteiger partial charge in [-0.25, -0.2) is 21.9 Å². The summed E-state index contributed by atoms with van der Waals surface area (Å²) < 4.78 is 43.2. The molecule has 1 aromatic carbocycles. The van der Waals surface area contributed by atoms with Crippen molar-refractivity contribution >= 4 is 27.8 Å². The van der Waals surface area contributed by atoms with Crippen LogP contribution in [0.25, 0.3) is 0 Å². The second-order valence-corrected chi connectivity index (χ2v) is 6.89. The van der Waals surface area contributed by atoms with E-state index in [9.17, 15) is 27.2 Å². The molecule has 0 saturated carbocycles. The summed E-state index contributed by atoms with van der Waals surface area (Å²) in [6.45, 7) is 0.363. The number of hydrogen-bond donors (Lipinski definition) is 2. The predicted octanol–water partition coefficient (Wildman–Crippen LogP) is -0.600. The van der Waals surface area contributed by atoms with Gasteiger partial charge in [0.1, 0.15) is 5.82 Å². The van der Waals surface area contributed by atoms with E-state index < -0.39 is 45.8 Å². The van der Waals surface area contributed by atoms with Crippen molar-refractivity contribution in [1.82, 2.24) is 15.2 Å². The van der Waals surface area contributed by atoms with Crippen molar-refractivity contribution < 1.29 is 31.9 Å². The van der Waals surface area contributed by atoms with Crippen LogP contribution >= 0.6 is 0 Å². The maximum Gasteiger partial charge on any atom is 0.341 e. The lowest BCUT2D eigenvalue weighted by molar-refractivity contribution is -0.129. The monoisotopic (exact) mass is 361 g/mol. The van der Waals surface area contributed by atoms with Crippen LogP contribution in [0.4, 0.5) is 4.39 Å². The molecule has 0 fully saturated rings. The average molecular weight is 361 g/mol. The number of nitrogens with zero attached hydrogens (tertiary/aromatic N) is 1. The molecule has 0 atom stereocenters. The van der Waals surface area contributed by atoms with E-state index in [1.807, 2.05) is 10.9 Å². The van der Waals surface area contributed by atoms with Crippen LogP contribution < -0.4 is 10.9 Å². The van der Waals surface area contributed by atoms with Crippen molar-refractivity contribution in [2.24, 2.45) is 0 Å². The van der Waals surface area contributed by atoms with E-state index in [-0.39, 0.29) is 4.90 Å². The second kappa shape index (κ2) is 7.84. The van der Waals surface area contributed by atoms with Crippen LogP contribution in [-0.2, 0) is 24.3 Å². The number of hydrazine groups is 1. The van der Waals surface area contributed by atoms with Crippen LogP contribution in [-0.4, -0.2) is 51.2 Å². The van der Waals surface area contributed by atoms with Gasteiger partial charge in [0.2, 0.25) is 15.9 Å². The summed E-state index contributed by atoms with van der Waals surface area (Å²) >= 11 is 0. The minimum atomic E-state index is -3.87. The molecule has 2 amide bonds. The quantitative estimate of drug-likeness (QED) is 0.533. The minimum absolute atomic E-state index is 0.302. The Labute approximate surface area is 137 Å². The Hall–Kier alpha value is -2.53. The molecular formula is C13H16FN3O6S. The molecule has 1 rings (SSSR count). The van der Waals surface area contributed by atoms with E-state index in [0.717, 1.165) is 29.4 Å². The molecule has 0 aliphatic carbocycles. The Morgan fingerprint density at radius 2 is 1.83 bits per heavy atom. The first-order valence-electron chi connectivity index (χ1n) is 6.50. The van der Waals surface area contributed by atoms with Gasteiger partial charge in [-0.15, -0.1) is 0 Å². The molecule has 0 aliphatic rings. The number of benzene rings is 1. The van der Waals surface area contributed by atoms with Gasteiger partial charge in [0.05, 0.1) is 10.5 Å². The highest BCUT2D eigenvalue weighted by molar-refractivity contribution is 7.89. The molecule has 0 aliphatic heterocycles. The van der Waals surface area contributed by atoms with Crippen LogP contribution in [0, 0.1) is 5.82 Å². The Kier molecular flexibility index (Phi) is 6.37. The normalized spacial score (nSPS) is 11.0. The SMILES string of the molecule is CC(=O)NNC(=O)COC(=O)c1cc(S(=O)(=O)N(C)C)ccc1F. The van der Waals surface area contributed by atoms with Gasteiger partial charge in [-0.2, -0.15) is 0 Å². The summed E-state index contributed by atoms with van der Waals surface area (Å²) in [5.41, 5.74) is 3.28. The zero-order valence-electron chi connectivity index (χ0n) is 13.1. The number of amides is 2. The minimum Gasteiger partial charge on any atom is -0.452 e. The van der Waals surface area contributed by atoms with Crippen molar-refractivity contribution in [3.8, 4) is 0 Å². The molecule has 11 heteroatoms. The van der Waals surface area contributed by atoms with Crippen molar-refractivity contribution in [3.05, 3.63) is 29.6 Å². The molecule has 0 radical (unpaired) electrons. The number of halogens is 1. The molecule has 0 bridgehead atoms. The number of nitrogens with one attached hydrogen (secondary N) is 2. The summed E-state index contributed by atoms with van der Waals surface area (Å²) in [4.78, 5) is 33.4. The van der Waals surface area contributed by atoms with Gasteiger partial charge in [0, 0.05) is 21.0 Å².